The molecule has 0 saturated heterocycles. The zero-order chi connectivity index (χ0) is 23.3. The van der Waals surface area contributed by atoms with E-state index >= 15 is 0 Å². The van der Waals surface area contributed by atoms with Crippen LogP contribution in [0.15, 0.2) is 35.0 Å². The molecule has 0 saturated carbocycles. The smallest absolute Gasteiger partial charge is 0.266 e. The van der Waals surface area contributed by atoms with Gasteiger partial charge in [0.05, 0.1) is 11.2 Å². The third-order valence-corrected chi connectivity index (χ3v) is 5.15. The molecule has 4 rings (SSSR count). The van der Waals surface area contributed by atoms with E-state index < -0.39 is 24.0 Å². The predicted octanol–water partition coefficient (Wildman–Crippen LogP) is 1.90. The monoisotopic (exact) mass is 445 g/mol. The molecule has 2 atom stereocenters. The van der Waals surface area contributed by atoms with Gasteiger partial charge in [-0.2, -0.15) is 15.1 Å². The fraction of sp³-hybridized carbons (Fsp3) is 0.350. The van der Waals surface area contributed by atoms with Crippen molar-refractivity contribution < 1.29 is 23.5 Å². The number of nitrogen functional groups attached to an aromatic ring is 1. The van der Waals surface area contributed by atoms with Gasteiger partial charge in [-0.25, -0.2) is 18.4 Å². The molecule has 0 amide bonds. The summed E-state index contributed by atoms with van der Waals surface area (Å²) < 4.78 is 33.0. The summed E-state index contributed by atoms with van der Waals surface area (Å²) in [6.07, 6.45) is -1.95. The van der Waals surface area contributed by atoms with Crippen molar-refractivity contribution in [3.63, 3.8) is 0 Å². The van der Waals surface area contributed by atoms with Crippen LogP contribution in [0.2, 0.25) is 0 Å². The molecule has 1 aromatic carbocycles. The Kier molecular flexibility index (Phi) is 5.13. The summed E-state index contributed by atoms with van der Waals surface area (Å²) in [4.78, 5) is 12.1. The Bertz CT molecular complexity index is 1280. The highest BCUT2D eigenvalue weighted by atomic mass is 19.3. The first-order valence-electron chi connectivity index (χ1n) is 9.64. The Hall–Kier alpha value is -3.51. The fourth-order valence-corrected chi connectivity index (χ4v) is 3.31. The minimum Gasteiger partial charge on any atom is -0.384 e. The fourth-order valence-electron chi connectivity index (χ4n) is 3.31. The van der Waals surface area contributed by atoms with Gasteiger partial charge < -0.3 is 20.5 Å². The van der Waals surface area contributed by atoms with Crippen LogP contribution in [0.5, 0.6) is 0 Å². The van der Waals surface area contributed by atoms with E-state index in [0.717, 1.165) is 6.92 Å². The third kappa shape index (κ3) is 3.78. The highest BCUT2D eigenvalue weighted by Gasteiger charge is 2.35. The van der Waals surface area contributed by atoms with Gasteiger partial charge in [-0.3, -0.25) is 0 Å². The third-order valence-electron chi connectivity index (χ3n) is 5.15. The van der Waals surface area contributed by atoms with E-state index in [4.69, 9.17) is 10.3 Å². The summed E-state index contributed by atoms with van der Waals surface area (Å²) in [5.74, 6) is 0.641. The highest BCUT2D eigenvalue weighted by molar-refractivity contribution is 5.84. The molecule has 0 bridgehead atoms. The molecule has 0 radical (unpaired) electrons. The molecule has 4 aromatic rings. The quantitative estimate of drug-likeness (QED) is 0.404. The van der Waals surface area contributed by atoms with Crippen molar-refractivity contribution >= 4 is 16.9 Å². The van der Waals surface area contributed by atoms with E-state index in [1.165, 1.54) is 17.8 Å². The number of nitrogens with zero attached hydrogens (tertiary/aromatic N) is 6. The minimum absolute atomic E-state index is 0.00213. The topological polar surface area (TPSA) is 149 Å². The maximum absolute atomic E-state index is 13.3. The van der Waals surface area contributed by atoms with Crippen LogP contribution in [0.25, 0.3) is 16.7 Å². The van der Waals surface area contributed by atoms with Gasteiger partial charge in [0.15, 0.2) is 5.82 Å². The standard InChI is InChI=1S/C20H21F2N7O3/c1-10-25-17(28-32-10)20(3,31)11-4-5-12-13(9-19(2,30)16(21)22)27-29(14(12)8-11)15-6-7-24-18(23)26-15/h4-8,16,30-31H,9H2,1-3H3,(H2,23,24,26)/t19?,20-/m1/s1. The molecule has 0 fully saturated rings. The Balaban J connectivity index is 1.91. The summed E-state index contributed by atoms with van der Waals surface area (Å²) in [5.41, 5.74) is 2.87. The van der Waals surface area contributed by atoms with Gasteiger partial charge in [0.25, 0.3) is 6.43 Å². The van der Waals surface area contributed by atoms with E-state index in [1.807, 2.05) is 0 Å². The van der Waals surface area contributed by atoms with Gasteiger partial charge in [0, 0.05) is 31.0 Å². The second-order valence-electron chi connectivity index (χ2n) is 7.91. The van der Waals surface area contributed by atoms with Crippen LogP contribution in [0.3, 0.4) is 0 Å². The predicted molar refractivity (Wildman–Crippen MR) is 109 cm³/mol. The Morgan fingerprint density at radius 2 is 1.94 bits per heavy atom. The van der Waals surface area contributed by atoms with E-state index in [1.54, 1.807) is 31.2 Å². The number of fused-ring (bicyclic) bond motifs is 1. The van der Waals surface area contributed by atoms with Gasteiger partial charge >= 0.3 is 0 Å². The molecule has 0 aliphatic heterocycles. The molecule has 3 heterocycles. The van der Waals surface area contributed by atoms with Crippen molar-refractivity contribution in [1.29, 1.82) is 0 Å². The summed E-state index contributed by atoms with van der Waals surface area (Å²) in [6, 6.07) is 6.39. The Morgan fingerprint density at radius 3 is 2.56 bits per heavy atom. The number of aliphatic hydroxyl groups is 2. The minimum atomic E-state index is -2.97. The molecule has 0 spiro atoms. The molecule has 10 nitrogen and oxygen atoms in total. The van der Waals surface area contributed by atoms with E-state index in [2.05, 4.69) is 25.2 Å². The molecule has 0 aliphatic rings. The lowest BCUT2D eigenvalue weighted by Crippen LogP contribution is -2.36. The number of nitrogens with two attached hydrogens (primary N) is 1. The van der Waals surface area contributed by atoms with Crippen LogP contribution in [0.4, 0.5) is 14.7 Å². The molecular weight excluding hydrogens is 424 g/mol. The number of rotatable bonds is 6. The lowest BCUT2D eigenvalue weighted by Gasteiger charge is -2.21. The summed E-state index contributed by atoms with van der Waals surface area (Å²) in [6.45, 7) is 4.15. The molecule has 1 unspecified atom stereocenters. The van der Waals surface area contributed by atoms with Gasteiger partial charge in [0.2, 0.25) is 17.7 Å². The first-order chi connectivity index (χ1) is 15.0. The van der Waals surface area contributed by atoms with Crippen molar-refractivity contribution in [2.45, 2.75) is 44.8 Å². The summed E-state index contributed by atoms with van der Waals surface area (Å²) >= 11 is 0. The maximum atomic E-state index is 13.3. The van der Waals surface area contributed by atoms with Crippen molar-refractivity contribution in [2.24, 2.45) is 0 Å². The number of halogens is 2. The lowest BCUT2D eigenvalue weighted by molar-refractivity contribution is -0.0825. The first-order valence-corrected chi connectivity index (χ1v) is 9.64. The summed E-state index contributed by atoms with van der Waals surface area (Å²) in [7, 11) is 0. The second-order valence-corrected chi connectivity index (χ2v) is 7.91. The number of hydrogen-bond acceptors (Lipinski definition) is 9. The molecular formula is C20H21F2N7O3. The van der Waals surface area contributed by atoms with Crippen molar-refractivity contribution in [2.75, 3.05) is 5.73 Å². The molecule has 0 aliphatic carbocycles. The highest BCUT2D eigenvalue weighted by Crippen LogP contribution is 2.33. The van der Waals surface area contributed by atoms with Gasteiger partial charge in [-0.05, 0) is 25.5 Å². The van der Waals surface area contributed by atoms with Gasteiger partial charge in [-0.15, -0.1) is 0 Å². The second kappa shape index (κ2) is 7.57. The molecule has 168 valence electrons. The SMILES string of the molecule is Cc1nc([C@](C)(O)c2ccc3c(CC(C)(O)C(F)F)nn(-c4ccnc(N)n4)c3c2)no1. The Labute approximate surface area is 180 Å². The molecule has 4 N–H and O–H groups in total. The zero-order valence-corrected chi connectivity index (χ0v) is 17.5. The number of benzene rings is 1. The van der Waals surface area contributed by atoms with Crippen LogP contribution in [-0.2, 0) is 12.0 Å². The zero-order valence-electron chi connectivity index (χ0n) is 17.5. The number of alkyl halides is 2. The molecule has 3 aromatic heterocycles. The van der Waals surface area contributed by atoms with Crippen LogP contribution >= 0.6 is 0 Å². The van der Waals surface area contributed by atoms with Crippen molar-refractivity contribution in [1.82, 2.24) is 29.9 Å². The van der Waals surface area contributed by atoms with E-state index in [-0.39, 0.29) is 23.3 Å². The number of hydrogen-bond donors (Lipinski definition) is 3. The normalized spacial score (nSPS) is 15.8. The van der Waals surface area contributed by atoms with Crippen molar-refractivity contribution in [3.05, 3.63) is 53.4 Å². The number of aryl methyl sites for hydroxylation is 1. The van der Waals surface area contributed by atoms with E-state index in [0.29, 0.717) is 22.4 Å². The van der Waals surface area contributed by atoms with Crippen LogP contribution < -0.4 is 5.73 Å². The summed E-state index contributed by atoms with van der Waals surface area (Å²) in [5, 5.41) is 30.0. The average Bonchev–Trinajstić information content (AvgIpc) is 3.32. The Morgan fingerprint density at radius 1 is 1.19 bits per heavy atom. The van der Waals surface area contributed by atoms with Crippen molar-refractivity contribution in [3.8, 4) is 5.82 Å². The first kappa shape index (κ1) is 21.7. The average molecular weight is 445 g/mol. The van der Waals surface area contributed by atoms with Crippen LogP contribution in [-0.4, -0.2) is 52.1 Å². The van der Waals surface area contributed by atoms with Crippen LogP contribution in [0, 0.1) is 6.92 Å². The molecule has 12 heteroatoms. The van der Waals surface area contributed by atoms with Gasteiger partial charge in [-0.1, -0.05) is 17.3 Å². The largest absolute Gasteiger partial charge is 0.384 e. The van der Waals surface area contributed by atoms with Crippen LogP contribution in [0.1, 0.15) is 36.8 Å². The molecule has 32 heavy (non-hydrogen) atoms. The maximum Gasteiger partial charge on any atom is 0.266 e. The lowest BCUT2D eigenvalue weighted by atomic mass is 9.93. The number of anilines is 1. The van der Waals surface area contributed by atoms with Gasteiger partial charge in [0.1, 0.15) is 11.2 Å². The van der Waals surface area contributed by atoms with E-state index in [9.17, 15) is 19.0 Å². The number of aromatic nitrogens is 6.